The molecule has 4 heteroatoms. The third kappa shape index (κ3) is 2.25. The summed E-state index contributed by atoms with van der Waals surface area (Å²) in [6, 6.07) is 0.244. The van der Waals surface area contributed by atoms with Gasteiger partial charge in [-0.1, -0.05) is 13.3 Å². The zero-order valence-electron chi connectivity index (χ0n) is 9.09. The summed E-state index contributed by atoms with van der Waals surface area (Å²) in [5, 5.41) is 4.16. The summed E-state index contributed by atoms with van der Waals surface area (Å²) in [5.41, 5.74) is 0. The van der Waals surface area contributed by atoms with Gasteiger partial charge in [-0.2, -0.15) is 5.10 Å². The van der Waals surface area contributed by atoms with E-state index in [1.807, 2.05) is 4.68 Å². The fourth-order valence-electron chi connectivity index (χ4n) is 2.45. The van der Waals surface area contributed by atoms with Crippen LogP contribution < -0.4 is 0 Å². The van der Waals surface area contributed by atoms with Crippen molar-refractivity contribution >= 4 is 5.78 Å². The SMILES string of the molecule is CCCC1CCC(=O)CC1n1cncn1. The van der Waals surface area contributed by atoms with Crippen molar-refractivity contribution in [1.29, 1.82) is 0 Å². The standard InChI is InChI=1S/C11H17N3O/c1-2-3-9-4-5-10(15)6-11(9)14-8-12-7-13-14/h7-9,11H,2-6H2,1H3. The van der Waals surface area contributed by atoms with Gasteiger partial charge in [0.15, 0.2) is 0 Å². The van der Waals surface area contributed by atoms with Crippen LogP contribution in [0, 0.1) is 5.92 Å². The average molecular weight is 207 g/mol. The van der Waals surface area contributed by atoms with E-state index in [1.54, 1.807) is 12.7 Å². The van der Waals surface area contributed by atoms with Gasteiger partial charge < -0.3 is 0 Å². The van der Waals surface area contributed by atoms with Crippen molar-refractivity contribution in [2.45, 2.75) is 45.1 Å². The van der Waals surface area contributed by atoms with Gasteiger partial charge in [0, 0.05) is 12.8 Å². The molecule has 1 aromatic rings. The number of rotatable bonds is 3. The molecule has 0 spiro atoms. The van der Waals surface area contributed by atoms with Gasteiger partial charge in [-0.15, -0.1) is 0 Å². The summed E-state index contributed by atoms with van der Waals surface area (Å²) in [7, 11) is 0. The van der Waals surface area contributed by atoms with Crippen LogP contribution in [0.4, 0.5) is 0 Å². The van der Waals surface area contributed by atoms with Crippen LogP contribution in [0.1, 0.15) is 45.1 Å². The van der Waals surface area contributed by atoms with Crippen molar-refractivity contribution in [2.24, 2.45) is 5.92 Å². The molecule has 0 bridgehead atoms. The number of hydrogen-bond acceptors (Lipinski definition) is 3. The van der Waals surface area contributed by atoms with Gasteiger partial charge in [-0.05, 0) is 18.8 Å². The molecule has 0 radical (unpaired) electrons. The third-order valence-electron chi connectivity index (χ3n) is 3.21. The molecule has 15 heavy (non-hydrogen) atoms. The second kappa shape index (κ2) is 4.55. The molecule has 2 rings (SSSR count). The molecule has 4 nitrogen and oxygen atoms in total. The minimum absolute atomic E-state index is 0.244. The number of ketones is 1. The highest BCUT2D eigenvalue weighted by Crippen LogP contribution is 2.34. The van der Waals surface area contributed by atoms with Crippen LogP contribution in [-0.2, 0) is 4.79 Å². The number of carbonyl (C=O) groups excluding carboxylic acids is 1. The van der Waals surface area contributed by atoms with Crippen molar-refractivity contribution in [2.75, 3.05) is 0 Å². The topological polar surface area (TPSA) is 47.8 Å². The van der Waals surface area contributed by atoms with E-state index in [0.717, 1.165) is 12.8 Å². The van der Waals surface area contributed by atoms with Crippen molar-refractivity contribution in [3.05, 3.63) is 12.7 Å². The summed E-state index contributed by atoms with van der Waals surface area (Å²) in [4.78, 5) is 15.4. The van der Waals surface area contributed by atoms with Crippen LogP contribution in [0.15, 0.2) is 12.7 Å². The Morgan fingerprint density at radius 1 is 1.60 bits per heavy atom. The molecular weight excluding hydrogens is 190 g/mol. The molecule has 0 aliphatic heterocycles. The van der Waals surface area contributed by atoms with Crippen LogP contribution in [0.25, 0.3) is 0 Å². The highest BCUT2D eigenvalue weighted by atomic mass is 16.1. The maximum atomic E-state index is 11.5. The van der Waals surface area contributed by atoms with E-state index in [4.69, 9.17) is 0 Å². The molecule has 0 saturated heterocycles. The van der Waals surface area contributed by atoms with Crippen LogP contribution in [-0.4, -0.2) is 20.5 Å². The van der Waals surface area contributed by atoms with E-state index in [-0.39, 0.29) is 6.04 Å². The minimum Gasteiger partial charge on any atom is -0.300 e. The normalized spacial score (nSPS) is 26.9. The van der Waals surface area contributed by atoms with E-state index < -0.39 is 0 Å². The lowest BCUT2D eigenvalue weighted by atomic mass is 9.81. The molecular formula is C11H17N3O. The van der Waals surface area contributed by atoms with Gasteiger partial charge in [-0.25, -0.2) is 9.67 Å². The second-order valence-corrected chi connectivity index (χ2v) is 4.27. The molecule has 1 heterocycles. The monoisotopic (exact) mass is 207 g/mol. The molecule has 0 aromatic carbocycles. The first-order valence-corrected chi connectivity index (χ1v) is 5.67. The lowest BCUT2D eigenvalue weighted by Crippen LogP contribution is -2.28. The Hall–Kier alpha value is -1.19. The van der Waals surface area contributed by atoms with Gasteiger partial charge in [0.2, 0.25) is 0 Å². The van der Waals surface area contributed by atoms with E-state index >= 15 is 0 Å². The van der Waals surface area contributed by atoms with Gasteiger partial charge in [0.1, 0.15) is 18.4 Å². The first-order valence-electron chi connectivity index (χ1n) is 5.67. The highest BCUT2D eigenvalue weighted by molar-refractivity contribution is 5.79. The molecule has 2 unspecified atom stereocenters. The van der Waals surface area contributed by atoms with Crippen LogP contribution in [0.5, 0.6) is 0 Å². The molecule has 1 aliphatic carbocycles. The maximum absolute atomic E-state index is 11.5. The Bertz CT molecular complexity index is 321. The van der Waals surface area contributed by atoms with Crippen molar-refractivity contribution < 1.29 is 4.79 Å². The van der Waals surface area contributed by atoms with Crippen molar-refractivity contribution in [3.63, 3.8) is 0 Å². The zero-order valence-corrected chi connectivity index (χ0v) is 9.09. The number of Topliss-reactive ketones (excluding diaryl/α,β-unsaturated/α-hetero) is 1. The second-order valence-electron chi connectivity index (χ2n) is 4.27. The number of hydrogen-bond donors (Lipinski definition) is 0. The summed E-state index contributed by atoms with van der Waals surface area (Å²) >= 11 is 0. The quantitative estimate of drug-likeness (QED) is 0.761. The highest BCUT2D eigenvalue weighted by Gasteiger charge is 2.30. The van der Waals surface area contributed by atoms with Crippen LogP contribution in [0.2, 0.25) is 0 Å². The first-order chi connectivity index (χ1) is 7.31. The summed E-state index contributed by atoms with van der Waals surface area (Å²) in [6.45, 7) is 2.19. The molecule has 1 aromatic heterocycles. The Balaban J connectivity index is 2.13. The molecule has 1 saturated carbocycles. The van der Waals surface area contributed by atoms with E-state index in [1.165, 1.54) is 12.8 Å². The van der Waals surface area contributed by atoms with Crippen molar-refractivity contribution in [1.82, 2.24) is 14.8 Å². The summed E-state index contributed by atoms with van der Waals surface area (Å²) in [5.74, 6) is 0.956. The summed E-state index contributed by atoms with van der Waals surface area (Å²) < 4.78 is 1.86. The Kier molecular flexibility index (Phi) is 3.14. The van der Waals surface area contributed by atoms with Gasteiger partial charge >= 0.3 is 0 Å². The van der Waals surface area contributed by atoms with Gasteiger partial charge in [-0.3, -0.25) is 4.79 Å². The lowest BCUT2D eigenvalue weighted by Gasteiger charge is -2.30. The smallest absolute Gasteiger partial charge is 0.137 e. The largest absolute Gasteiger partial charge is 0.300 e. The van der Waals surface area contributed by atoms with Gasteiger partial charge in [0.05, 0.1) is 6.04 Å². The Labute approximate surface area is 89.7 Å². The fraction of sp³-hybridized carbons (Fsp3) is 0.727. The molecule has 1 fully saturated rings. The Morgan fingerprint density at radius 2 is 2.47 bits per heavy atom. The zero-order chi connectivity index (χ0) is 10.7. The molecule has 0 N–H and O–H groups in total. The minimum atomic E-state index is 0.244. The number of nitrogens with zero attached hydrogens (tertiary/aromatic N) is 3. The predicted octanol–water partition coefficient (Wildman–Crippen LogP) is 1.99. The van der Waals surface area contributed by atoms with Crippen molar-refractivity contribution in [3.8, 4) is 0 Å². The first kappa shape index (κ1) is 10.3. The third-order valence-corrected chi connectivity index (χ3v) is 3.21. The Morgan fingerprint density at radius 3 is 3.13 bits per heavy atom. The molecule has 0 amide bonds. The van der Waals surface area contributed by atoms with Gasteiger partial charge in [0.25, 0.3) is 0 Å². The van der Waals surface area contributed by atoms with E-state index in [0.29, 0.717) is 18.1 Å². The average Bonchev–Trinajstić information content (AvgIpc) is 2.74. The molecule has 1 aliphatic rings. The van der Waals surface area contributed by atoms with Crippen LogP contribution >= 0.6 is 0 Å². The van der Waals surface area contributed by atoms with E-state index in [2.05, 4.69) is 17.0 Å². The summed E-state index contributed by atoms with van der Waals surface area (Å²) in [6.07, 6.45) is 8.01. The van der Waals surface area contributed by atoms with Crippen LogP contribution in [0.3, 0.4) is 0 Å². The lowest BCUT2D eigenvalue weighted by molar-refractivity contribution is -0.122. The number of carbonyl (C=O) groups is 1. The predicted molar refractivity (Wildman–Crippen MR) is 56.3 cm³/mol. The van der Waals surface area contributed by atoms with E-state index in [9.17, 15) is 4.79 Å². The fourth-order valence-corrected chi connectivity index (χ4v) is 2.45. The molecule has 2 atom stereocenters. The molecule has 82 valence electrons. The maximum Gasteiger partial charge on any atom is 0.137 e. The number of aromatic nitrogens is 3.